The molecule has 0 aliphatic rings. The molecule has 0 aromatic rings. The van der Waals surface area contributed by atoms with Crippen molar-refractivity contribution in [3.8, 4) is 0 Å². The van der Waals surface area contributed by atoms with Gasteiger partial charge in [-0.05, 0) is 31.7 Å². The lowest BCUT2D eigenvalue weighted by Crippen LogP contribution is -2.34. The van der Waals surface area contributed by atoms with Crippen molar-refractivity contribution in [2.45, 2.75) is 85.5 Å². The zero-order chi connectivity index (χ0) is 19.6. The van der Waals surface area contributed by atoms with Gasteiger partial charge >= 0.3 is 11.9 Å². The largest absolute Gasteiger partial charge is 0.466 e. The molecule has 1 N–H and O–H groups in total. The van der Waals surface area contributed by atoms with E-state index in [9.17, 15) is 9.59 Å². The minimum absolute atomic E-state index is 0.0907. The maximum Gasteiger partial charge on any atom is 0.310 e. The van der Waals surface area contributed by atoms with E-state index in [0.29, 0.717) is 25.7 Å². The average Bonchev–Trinajstić information content (AvgIpc) is 2.63. The van der Waals surface area contributed by atoms with Crippen molar-refractivity contribution in [2.24, 2.45) is 11.8 Å². The average molecular weight is 372 g/mol. The number of unbranched alkanes of at least 4 members (excludes halogenated alkanes) is 3. The Kier molecular flexibility index (Phi) is 16.6. The van der Waals surface area contributed by atoms with Gasteiger partial charge in [-0.3, -0.25) is 9.59 Å². The van der Waals surface area contributed by atoms with Crippen molar-refractivity contribution >= 4 is 11.9 Å². The number of nitrogens with one attached hydrogen (secondary N) is 1. The lowest BCUT2D eigenvalue weighted by molar-refractivity contribution is -0.155. The first-order chi connectivity index (χ1) is 12.6. The first kappa shape index (κ1) is 24.9. The maximum absolute atomic E-state index is 12.3. The summed E-state index contributed by atoms with van der Waals surface area (Å²) in [6, 6.07) is 0. The Morgan fingerprint density at radius 1 is 0.846 bits per heavy atom. The van der Waals surface area contributed by atoms with Gasteiger partial charge in [-0.25, -0.2) is 0 Å². The van der Waals surface area contributed by atoms with Gasteiger partial charge in [0.05, 0.1) is 25.6 Å². The molecule has 0 aromatic carbocycles. The van der Waals surface area contributed by atoms with E-state index in [2.05, 4.69) is 26.1 Å². The van der Waals surface area contributed by atoms with Crippen LogP contribution in [-0.2, 0) is 19.1 Å². The molecule has 0 spiro atoms. The van der Waals surface area contributed by atoms with Crippen LogP contribution >= 0.6 is 0 Å². The first-order valence-corrected chi connectivity index (χ1v) is 10.6. The minimum atomic E-state index is -0.468. The van der Waals surface area contributed by atoms with E-state index in [1.165, 1.54) is 19.3 Å². The molecule has 0 aromatic heterocycles. The van der Waals surface area contributed by atoms with Crippen LogP contribution in [0.1, 0.15) is 85.5 Å². The molecule has 2 atom stereocenters. The molecular weight excluding hydrogens is 330 g/mol. The molecule has 0 rings (SSSR count). The first-order valence-electron chi connectivity index (χ1n) is 10.6. The van der Waals surface area contributed by atoms with Crippen LogP contribution in [0, 0.1) is 11.8 Å². The number of carbonyl (C=O) groups is 2. The highest BCUT2D eigenvalue weighted by Crippen LogP contribution is 2.13. The molecule has 154 valence electrons. The summed E-state index contributed by atoms with van der Waals surface area (Å²) in [5, 5.41) is 3.38. The quantitative estimate of drug-likeness (QED) is 0.301. The second-order valence-corrected chi connectivity index (χ2v) is 7.07. The van der Waals surface area contributed by atoms with E-state index in [-0.39, 0.29) is 18.4 Å². The zero-order valence-corrected chi connectivity index (χ0v) is 17.5. The Hall–Kier alpha value is -1.10. The zero-order valence-electron chi connectivity index (χ0n) is 17.5. The van der Waals surface area contributed by atoms with Gasteiger partial charge in [0.2, 0.25) is 0 Å². The standard InChI is InChI=1S/C21H41NO4/c1-5-9-12-18(8-4)16-22-17-19(21(24)26-14-11-7-3)15-20(23)25-13-10-6-2/h18-19,22H,5-17H2,1-4H3. The molecule has 5 nitrogen and oxygen atoms in total. The van der Waals surface area contributed by atoms with Gasteiger partial charge in [0.25, 0.3) is 0 Å². The highest BCUT2D eigenvalue weighted by atomic mass is 16.5. The second kappa shape index (κ2) is 17.3. The Labute approximate surface area is 160 Å². The minimum Gasteiger partial charge on any atom is -0.466 e. The summed E-state index contributed by atoms with van der Waals surface area (Å²) in [5.74, 6) is -0.455. The number of rotatable bonds is 17. The smallest absolute Gasteiger partial charge is 0.310 e. The predicted octanol–water partition coefficient (Wildman–Crippen LogP) is 4.49. The van der Waals surface area contributed by atoms with Crippen molar-refractivity contribution in [2.75, 3.05) is 26.3 Å². The fourth-order valence-electron chi connectivity index (χ4n) is 2.67. The Balaban J connectivity index is 4.46. The number of hydrogen-bond acceptors (Lipinski definition) is 5. The summed E-state index contributed by atoms with van der Waals surface area (Å²) in [5.41, 5.74) is 0. The fourth-order valence-corrected chi connectivity index (χ4v) is 2.67. The molecule has 0 saturated heterocycles. The number of hydrogen-bond donors (Lipinski definition) is 1. The molecule has 0 heterocycles. The Morgan fingerprint density at radius 3 is 2.04 bits per heavy atom. The van der Waals surface area contributed by atoms with Crippen LogP contribution in [0.25, 0.3) is 0 Å². The van der Waals surface area contributed by atoms with Gasteiger partial charge < -0.3 is 14.8 Å². The summed E-state index contributed by atoms with van der Waals surface area (Å²) in [4.78, 5) is 24.3. The third-order valence-electron chi connectivity index (χ3n) is 4.62. The van der Waals surface area contributed by atoms with E-state index < -0.39 is 5.92 Å². The topological polar surface area (TPSA) is 64.6 Å². The maximum atomic E-state index is 12.3. The van der Waals surface area contributed by atoms with Crippen molar-refractivity contribution < 1.29 is 19.1 Å². The molecule has 0 aliphatic carbocycles. The summed E-state index contributed by atoms with van der Waals surface area (Å²) in [7, 11) is 0. The van der Waals surface area contributed by atoms with E-state index in [1.54, 1.807) is 0 Å². The molecule has 0 aliphatic heterocycles. The molecule has 5 heteroatoms. The van der Waals surface area contributed by atoms with Gasteiger partial charge in [0.15, 0.2) is 0 Å². The molecule has 26 heavy (non-hydrogen) atoms. The van der Waals surface area contributed by atoms with Crippen molar-refractivity contribution in [1.29, 1.82) is 0 Å². The third kappa shape index (κ3) is 13.2. The van der Waals surface area contributed by atoms with Gasteiger partial charge in [0.1, 0.15) is 0 Å². The second-order valence-electron chi connectivity index (χ2n) is 7.07. The number of ether oxygens (including phenoxy) is 2. The van der Waals surface area contributed by atoms with Crippen LogP contribution in [0.2, 0.25) is 0 Å². The summed E-state index contributed by atoms with van der Waals surface area (Å²) in [6.07, 6.45) is 8.50. The fraction of sp³-hybridized carbons (Fsp3) is 0.905. The van der Waals surface area contributed by atoms with Gasteiger partial charge in [-0.2, -0.15) is 0 Å². The van der Waals surface area contributed by atoms with Crippen LogP contribution in [0.15, 0.2) is 0 Å². The molecule has 0 amide bonds. The summed E-state index contributed by atoms with van der Waals surface area (Å²) < 4.78 is 10.5. The van der Waals surface area contributed by atoms with Crippen LogP contribution in [0.5, 0.6) is 0 Å². The molecule has 0 bridgehead atoms. The van der Waals surface area contributed by atoms with E-state index in [0.717, 1.165) is 38.6 Å². The Bertz CT molecular complexity index is 360. The lowest BCUT2D eigenvalue weighted by atomic mass is 9.98. The molecule has 0 fully saturated rings. The monoisotopic (exact) mass is 371 g/mol. The molecule has 0 saturated carbocycles. The van der Waals surface area contributed by atoms with E-state index in [4.69, 9.17) is 9.47 Å². The lowest BCUT2D eigenvalue weighted by Gasteiger charge is -2.19. The predicted molar refractivity (Wildman–Crippen MR) is 106 cm³/mol. The van der Waals surface area contributed by atoms with Crippen LogP contribution in [-0.4, -0.2) is 38.2 Å². The van der Waals surface area contributed by atoms with Gasteiger partial charge in [-0.1, -0.05) is 59.8 Å². The van der Waals surface area contributed by atoms with Crippen molar-refractivity contribution in [3.63, 3.8) is 0 Å². The van der Waals surface area contributed by atoms with Gasteiger partial charge in [-0.15, -0.1) is 0 Å². The van der Waals surface area contributed by atoms with Crippen LogP contribution < -0.4 is 5.32 Å². The summed E-state index contributed by atoms with van der Waals surface area (Å²) in [6.45, 7) is 10.7. The van der Waals surface area contributed by atoms with Gasteiger partial charge in [0, 0.05) is 6.54 Å². The Morgan fingerprint density at radius 2 is 1.46 bits per heavy atom. The molecule has 0 radical (unpaired) electrons. The van der Waals surface area contributed by atoms with Crippen molar-refractivity contribution in [3.05, 3.63) is 0 Å². The highest BCUT2D eigenvalue weighted by Gasteiger charge is 2.24. The van der Waals surface area contributed by atoms with E-state index in [1.807, 2.05) is 6.92 Å². The van der Waals surface area contributed by atoms with E-state index >= 15 is 0 Å². The SMILES string of the molecule is CCCCOC(=O)CC(CNCC(CC)CCCC)C(=O)OCCCC. The number of esters is 2. The summed E-state index contributed by atoms with van der Waals surface area (Å²) >= 11 is 0. The van der Waals surface area contributed by atoms with Crippen LogP contribution in [0.4, 0.5) is 0 Å². The third-order valence-corrected chi connectivity index (χ3v) is 4.62. The van der Waals surface area contributed by atoms with Crippen molar-refractivity contribution in [1.82, 2.24) is 5.32 Å². The molecular formula is C21H41NO4. The normalized spacial score (nSPS) is 13.2. The molecule has 2 unspecified atom stereocenters. The highest BCUT2D eigenvalue weighted by molar-refractivity contribution is 5.80. The van der Waals surface area contributed by atoms with Crippen LogP contribution in [0.3, 0.4) is 0 Å². The number of carbonyl (C=O) groups excluding carboxylic acids is 2.